The first-order valence-corrected chi connectivity index (χ1v) is 4.31. The number of rotatable bonds is 2. The molecule has 0 aliphatic heterocycles. The molecule has 0 amide bonds. The van der Waals surface area contributed by atoms with Gasteiger partial charge in [0.05, 0.1) is 29.3 Å². The van der Waals surface area contributed by atoms with E-state index >= 15 is 0 Å². The highest BCUT2D eigenvalue weighted by Crippen LogP contribution is 2.14. The largest absolute Gasteiger partial charge is 0.478 e. The van der Waals surface area contributed by atoms with Gasteiger partial charge in [0.25, 0.3) is 0 Å². The van der Waals surface area contributed by atoms with Crippen LogP contribution < -0.4 is 5.73 Å². The monoisotopic (exact) mass is 203 g/mol. The first kappa shape index (κ1) is 9.26. The molecule has 0 atom stereocenters. The third-order valence-electron chi connectivity index (χ3n) is 1.98. The molecular formula is C10H9N3O2. The van der Waals surface area contributed by atoms with E-state index in [4.69, 9.17) is 10.8 Å². The molecule has 0 saturated carbocycles. The molecule has 5 heteroatoms. The van der Waals surface area contributed by atoms with E-state index < -0.39 is 5.97 Å². The summed E-state index contributed by atoms with van der Waals surface area (Å²) in [6, 6.07) is 6.62. The second kappa shape index (κ2) is 3.45. The predicted octanol–water partition coefficient (Wildman–Crippen LogP) is 1.15. The summed E-state index contributed by atoms with van der Waals surface area (Å²) in [7, 11) is 0. The number of nitrogen functional groups attached to an aromatic ring is 1. The minimum atomic E-state index is -0.986. The fourth-order valence-electron chi connectivity index (χ4n) is 1.32. The number of para-hydroxylation sites is 1. The Morgan fingerprint density at radius 3 is 2.73 bits per heavy atom. The molecule has 0 aliphatic carbocycles. The Balaban J connectivity index is 2.57. The van der Waals surface area contributed by atoms with Gasteiger partial charge in [0.1, 0.15) is 0 Å². The number of aromatic carboxylic acids is 1. The number of anilines is 1. The lowest BCUT2D eigenvalue weighted by Gasteiger charge is -2.04. The van der Waals surface area contributed by atoms with Gasteiger partial charge in [-0.2, -0.15) is 5.10 Å². The van der Waals surface area contributed by atoms with Crippen LogP contribution in [0.3, 0.4) is 0 Å². The molecule has 0 saturated heterocycles. The molecule has 2 rings (SSSR count). The van der Waals surface area contributed by atoms with E-state index in [1.54, 1.807) is 24.4 Å². The van der Waals surface area contributed by atoms with E-state index in [0.29, 0.717) is 11.4 Å². The number of carboxylic acid groups (broad SMARTS) is 1. The first-order chi connectivity index (χ1) is 7.18. The predicted molar refractivity (Wildman–Crippen MR) is 54.9 cm³/mol. The van der Waals surface area contributed by atoms with Crippen LogP contribution in [0.1, 0.15) is 10.4 Å². The van der Waals surface area contributed by atoms with E-state index in [0.717, 1.165) is 0 Å². The molecule has 1 aromatic heterocycles. The molecule has 3 N–H and O–H groups in total. The second-order valence-corrected chi connectivity index (χ2v) is 3.04. The summed E-state index contributed by atoms with van der Waals surface area (Å²) in [6.07, 6.45) is 3.04. The Labute approximate surface area is 85.8 Å². The molecule has 0 bridgehead atoms. The molecular weight excluding hydrogens is 194 g/mol. The maximum absolute atomic E-state index is 10.9. The van der Waals surface area contributed by atoms with Gasteiger partial charge in [-0.1, -0.05) is 12.1 Å². The van der Waals surface area contributed by atoms with Gasteiger partial charge < -0.3 is 10.8 Å². The van der Waals surface area contributed by atoms with Crippen LogP contribution in [0.25, 0.3) is 5.69 Å². The van der Waals surface area contributed by atoms with Crippen molar-refractivity contribution in [2.75, 3.05) is 5.73 Å². The zero-order valence-electron chi connectivity index (χ0n) is 7.79. The molecule has 1 aromatic carbocycles. The number of hydrogen-bond donors (Lipinski definition) is 2. The lowest BCUT2D eigenvalue weighted by Crippen LogP contribution is -2.05. The first-order valence-electron chi connectivity index (χ1n) is 4.31. The summed E-state index contributed by atoms with van der Waals surface area (Å²) in [6.45, 7) is 0. The van der Waals surface area contributed by atoms with Crippen LogP contribution in [-0.2, 0) is 0 Å². The summed E-state index contributed by atoms with van der Waals surface area (Å²) >= 11 is 0. The zero-order chi connectivity index (χ0) is 10.8. The van der Waals surface area contributed by atoms with Crippen molar-refractivity contribution in [3.05, 3.63) is 42.2 Å². The summed E-state index contributed by atoms with van der Waals surface area (Å²) in [5, 5.41) is 12.9. The number of aromatic nitrogens is 2. The molecule has 0 aliphatic rings. The van der Waals surface area contributed by atoms with Crippen LogP contribution in [0.4, 0.5) is 5.69 Å². The Hall–Kier alpha value is -2.30. The summed E-state index contributed by atoms with van der Waals surface area (Å²) in [5.41, 5.74) is 6.70. The van der Waals surface area contributed by atoms with Gasteiger partial charge in [0.15, 0.2) is 0 Å². The fraction of sp³-hybridized carbons (Fsp3) is 0. The fourth-order valence-corrected chi connectivity index (χ4v) is 1.32. The van der Waals surface area contributed by atoms with Crippen molar-refractivity contribution >= 4 is 11.7 Å². The third kappa shape index (κ3) is 1.67. The highest BCUT2D eigenvalue weighted by atomic mass is 16.4. The van der Waals surface area contributed by atoms with Gasteiger partial charge >= 0.3 is 5.97 Å². The van der Waals surface area contributed by atoms with Crippen LogP contribution in [0.15, 0.2) is 36.7 Å². The Kier molecular flexibility index (Phi) is 2.13. The minimum absolute atomic E-state index is 0.195. The van der Waals surface area contributed by atoms with E-state index in [1.807, 2.05) is 0 Å². The lowest BCUT2D eigenvalue weighted by atomic mass is 10.2. The van der Waals surface area contributed by atoms with Gasteiger partial charge in [-0.05, 0) is 12.1 Å². The standard InChI is InChI=1S/C10H9N3O2/c11-7-5-12-13(6-7)9-4-2-1-3-8(9)10(14)15/h1-6H,11H2,(H,14,15). The molecule has 15 heavy (non-hydrogen) atoms. The second-order valence-electron chi connectivity index (χ2n) is 3.04. The van der Waals surface area contributed by atoms with Crippen molar-refractivity contribution < 1.29 is 9.90 Å². The van der Waals surface area contributed by atoms with Crippen LogP contribution in [0, 0.1) is 0 Å². The average Bonchev–Trinajstić information content (AvgIpc) is 2.65. The highest BCUT2D eigenvalue weighted by Gasteiger charge is 2.10. The number of carbonyl (C=O) groups is 1. The molecule has 5 nitrogen and oxygen atoms in total. The van der Waals surface area contributed by atoms with Crippen molar-refractivity contribution in [1.82, 2.24) is 9.78 Å². The number of carboxylic acids is 1. The normalized spacial score (nSPS) is 10.1. The van der Waals surface area contributed by atoms with Crippen LogP contribution in [-0.4, -0.2) is 20.9 Å². The molecule has 0 radical (unpaired) electrons. The molecule has 0 fully saturated rings. The SMILES string of the molecule is Nc1cnn(-c2ccccc2C(=O)O)c1. The van der Waals surface area contributed by atoms with Gasteiger partial charge in [-0.3, -0.25) is 0 Å². The minimum Gasteiger partial charge on any atom is -0.478 e. The Bertz CT molecular complexity index is 505. The Morgan fingerprint density at radius 1 is 1.40 bits per heavy atom. The number of benzene rings is 1. The number of hydrogen-bond acceptors (Lipinski definition) is 3. The van der Waals surface area contributed by atoms with Crippen LogP contribution in [0.5, 0.6) is 0 Å². The van der Waals surface area contributed by atoms with Gasteiger partial charge in [0.2, 0.25) is 0 Å². The summed E-state index contributed by atoms with van der Waals surface area (Å²) in [5.74, 6) is -0.986. The molecule has 2 aromatic rings. The average molecular weight is 203 g/mol. The topological polar surface area (TPSA) is 81.1 Å². The van der Waals surface area contributed by atoms with Crippen molar-refractivity contribution in [3.63, 3.8) is 0 Å². The van der Waals surface area contributed by atoms with Crippen molar-refractivity contribution in [1.29, 1.82) is 0 Å². The quantitative estimate of drug-likeness (QED) is 0.767. The van der Waals surface area contributed by atoms with Gasteiger partial charge in [-0.15, -0.1) is 0 Å². The zero-order valence-corrected chi connectivity index (χ0v) is 7.79. The van der Waals surface area contributed by atoms with Crippen molar-refractivity contribution in [2.45, 2.75) is 0 Å². The number of nitrogens with two attached hydrogens (primary N) is 1. The van der Waals surface area contributed by atoms with Crippen LogP contribution >= 0.6 is 0 Å². The summed E-state index contributed by atoms with van der Waals surface area (Å²) in [4.78, 5) is 10.9. The van der Waals surface area contributed by atoms with E-state index in [1.165, 1.54) is 16.9 Å². The maximum atomic E-state index is 10.9. The Morgan fingerprint density at radius 2 is 2.13 bits per heavy atom. The van der Waals surface area contributed by atoms with E-state index in [2.05, 4.69) is 5.10 Å². The number of nitrogens with zero attached hydrogens (tertiary/aromatic N) is 2. The smallest absolute Gasteiger partial charge is 0.337 e. The molecule has 1 heterocycles. The van der Waals surface area contributed by atoms with Gasteiger partial charge in [0, 0.05) is 0 Å². The van der Waals surface area contributed by atoms with E-state index in [9.17, 15) is 4.79 Å². The molecule has 0 unspecified atom stereocenters. The third-order valence-corrected chi connectivity index (χ3v) is 1.98. The van der Waals surface area contributed by atoms with Crippen LogP contribution in [0.2, 0.25) is 0 Å². The summed E-state index contributed by atoms with van der Waals surface area (Å²) < 4.78 is 1.44. The van der Waals surface area contributed by atoms with Crippen molar-refractivity contribution in [2.24, 2.45) is 0 Å². The highest BCUT2D eigenvalue weighted by molar-refractivity contribution is 5.91. The van der Waals surface area contributed by atoms with E-state index in [-0.39, 0.29) is 5.56 Å². The van der Waals surface area contributed by atoms with Gasteiger partial charge in [-0.25, -0.2) is 9.48 Å². The van der Waals surface area contributed by atoms with Crippen molar-refractivity contribution in [3.8, 4) is 5.69 Å². The molecule has 76 valence electrons. The lowest BCUT2D eigenvalue weighted by molar-refractivity contribution is 0.0696. The maximum Gasteiger partial charge on any atom is 0.337 e. The molecule has 0 spiro atoms.